The first-order valence-electron chi connectivity index (χ1n) is 16.4. The van der Waals surface area contributed by atoms with Crippen LogP contribution in [0.3, 0.4) is 0 Å². The number of nitriles is 1. The summed E-state index contributed by atoms with van der Waals surface area (Å²) in [6.45, 7) is 10.6. The number of amides is 1. The van der Waals surface area contributed by atoms with Crippen molar-refractivity contribution < 1.29 is 23.8 Å². The van der Waals surface area contributed by atoms with Crippen LogP contribution in [0.1, 0.15) is 63.0 Å². The normalized spacial score (nSPS) is 17.8. The number of pyridine rings is 3. The van der Waals surface area contributed by atoms with Gasteiger partial charge in [-0.15, -0.1) is 0 Å². The molecule has 12 nitrogen and oxygen atoms in total. The predicted molar refractivity (Wildman–Crippen MR) is 184 cm³/mol. The second-order valence-corrected chi connectivity index (χ2v) is 14.3. The molecule has 1 amide bonds. The smallest absolute Gasteiger partial charge is 0.410 e. The average molecular weight is 686 g/mol. The Morgan fingerprint density at radius 1 is 1.14 bits per heavy atom. The van der Waals surface area contributed by atoms with E-state index in [1.54, 1.807) is 40.1 Å². The summed E-state index contributed by atoms with van der Waals surface area (Å²) in [6, 6.07) is 11.5. The molecule has 6 rings (SSSR count). The Kier molecular flexibility index (Phi) is 9.77. The number of ether oxygens (including phenoxy) is 3. The standard InChI is InChI=1S/C36H40ClN7O5/c1-35(2,3)49-34(46)43-14-15-47-27(21-43)23-48-26-16-28(33-25(18-38)20-41-44(33)22-26)24-7-8-31(40-19-24)42-12-9-36(4,10-13-42)17-30(45)32-29(37)6-5-11-39-32/h5-8,11,16,19-20,22,27H,9-10,12-15,17,21,23H2,1-4H3/t27-/m0/s1. The van der Waals surface area contributed by atoms with Crippen molar-refractivity contribution in [1.29, 1.82) is 5.26 Å². The fourth-order valence-corrected chi connectivity index (χ4v) is 6.45. The second kappa shape index (κ2) is 14.0. The molecule has 0 aliphatic carbocycles. The highest BCUT2D eigenvalue weighted by Gasteiger charge is 2.34. The van der Waals surface area contributed by atoms with Gasteiger partial charge in [0.1, 0.15) is 41.6 Å². The molecule has 0 bridgehead atoms. The first-order chi connectivity index (χ1) is 23.4. The van der Waals surface area contributed by atoms with E-state index in [1.165, 1.54) is 6.20 Å². The van der Waals surface area contributed by atoms with E-state index in [9.17, 15) is 14.9 Å². The Hall–Kier alpha value is -4.73. The maximum atomic E-state index is 13.0. The van der Waals surface area contributed by atoms with Crippen molar-refractivity contribution in [2.75, 3.05) is 44.3 Å². The molecule has 0 unspecified atom stereocenters. The maximum Gasteiger partial charge on any atom is 0.410 e. The summed E-state index contributed by atoms with van der Waals surface area (Å²) in [6.07, 6.45) is 7.98. The van der Waals surface area contributed by atoms with Gasteiger partial charge in [0, 0.05) is 49.6 Å². The lowest BCUT2D eigenvalue weighted by Gasteiger charge is -2.39. The second-order valence-electron chi connectivity index (χ2n) is 13.9. The summed E-state index contributed by atoms with van der Waals surface area (Å²) >= 11 is 6.22. The van der Waals surface area contributed by atoms with E-state index >= 15 is 0 Å². The predicted octanol–water partition coefficient (Wildman–Crippen LogP) is 6.21. The molecule has 2 aliphatic heterocycles. The third kappa shape index (κ3) is 7.95. The fraction of sp³-hybridized carbons (Fsp3) is 0.444. The van der Waals surface area contributed by atoms with Crippen molar-refractivity contribution >= 4 is 34.8 Å². The summed E-state index contributed by atoms with van der Waals surface area (Å²) in [5.74, 6) is 1.34. The third-order valence-electron chi connectivity index (χ3n) is 8.90. The number of anilines is 1. The van der Waals surface area contributed by atoms with E-state index in [0.29, 0.717) is 53.7 Å². The molecule has 2 aliphatic rings. The highest BCUT2D eigenvalue weighted by Crippen LogP contribution is 2.38. The van der Waals surface area contributed by atoms with Gasteiger partial charge < -0.3 is 24.0 Å². The topological polar surface area (TPSA) is 135 Å². The van der Waals surface area contributed by atoms with Crippen LogP contribution in [-0.4, -0.2) is 87.5 Å². The Bertz CT molecular complexity index is 1870. The largest absolute Gasteiger partial charge is 0.489 e. The van der Waals surface area contributed by atoms with Crippen molar-refractivity contribution in [2.45, 2.75) is 58.7 Å². The molecule has 1 atom stereocenters. The minimum absolute atomic E-state index is 0.0350. The molecule has 2 saturated heterocycles. The van der Waals surface area contributed by atoms with Gasteiger partial charge in [-0.05, 0) is 69.4 Å². The Morgan fingerprint density at radius 2 is 1.94 bits per heavy atom. The van der Waals surface area contributed by atoms with Crippen molar-refractivity contribution in [1.82, 2.24) is 24.5 Å². The lowest BCUT2D eigenvalue weighted by atomic mass is 9.76. The van der Waals surface area contributed by atoms with Crippen molar-refractivity contribution in [2.24, 2.45) is 5.41 Å². The van der Waals surface area contributed by atoms with Crippen LogP contribution in [0.15, 0.2) is 55.1 Å². The SMILES string of the molecule is CC1(CC(=O)c2ncccc2Cl)CCN(c2ccc(-c3cc(OC[C@@H]4CN(C(=O)OC(C)(C)C)CCO4)cn4ncc(C#N)c34)cn2)CC1. The summed E-state index contributed by atoms with van der Waals surface area (Å²) in [5, 5.41) is 14.6. The number of rotatable bonds is 8. The van der Waals surface area contributed by atoms with E-state index in [1.807, 2.05) is 39.0 Å². The van der Waals surface area contributed by atoms with Crippen molar-refractivity contribution in [3.63, 3.8) is 0 Å². The first kappa shape index (κ1) is 34.1. The molecule has 13 heteroatoms. The quantitative estimate of drug-likeness (QED) is 0.197. The van der Waals surface area contributed by atoms with Gasteiger partial charge in [-0.1, -0.05) is 18.5 Å². The number of carbonyl (C=O) groups is 2. The van der Waals surface area contributed by atoms with E-state index in [0.717, 1.165) is 42.9 Å². The van der Waals surface area contributed by atoms with Crippen molar-refractivity contribution in [3.8, 4) is 22.9 Å². The zero-order valence-electron chi connectivity index (χ0n) is 28.2. The molecule has 0 radical (unpaired) electrons. The molecule has 49 heavy (non-hydrogen) atoms. The highest BCUT2D eigenvalue weighted by molar-refractivity contribution is 6.33. The molecule has 0 N–H and O–H groups in total. The number of fused-ring (bicyclic) bond motifs is 1. The number of morpholine rings is 1. The number of piperidine rings is 1. The third-order valence-corrected chi connectivity index (χ3v) is 9.20. The summed E-state index contributed by atoms with van der Waals surface area (Å²) in [5.41, 5.74) is 2.24. The van der Waals surface area contributed by atoms with E-state index in [-0.39, 0.29) is 30.0 Å². The van der Waals surface area contributed by atoms with Gasteiger partial charge in [-0.25, -0.2) is 14.3 Å². The Balaban J connectivity index is 1.13. The van der Waals surface area contributed by atoms with E-state index < -0.39 is 5.60 Å². The number of hydrogen-bond donors (Lipinski definition) is 0. The van der Waals surface area contributed by atoms with Crippen LogP contribution in [0, 0.1) is 16.7 Å². The molecule has 256 valence electrons. The van der Waals surface area contributed by atoms with Crippen molar-refractivity contribution in [3.05, 3.63) is 71.4 Å². The molecule has 0 spiro atoms. The molecular weight excluding hydrogens is 646 g/mol. The Morgan fingerprint density at radius 3 is 2.63 bits per heavy atom. The summed E-state index contributed by atoms with van der Waals surface area (Å²) in [4.78, 5) is 38.4. The van der Waals surface area contributed by atoms with Gasteiger partial charge in [0.25, 0.3) is 0 Å². The number of hydrogen-bond acceptors (Lipinski definition) is 10. The minimum Gasteiger partial charge on any atom is -0.489 e. The van der Waals surface area contributed by atoms with Gasteiger partial charge in [0.15, 0.2) is 5.78 Å². The van der Waals surface area contributed by atoms with Gasteiger partial charge in [0.05, 0.1) is 41.6 Å². The average Bonchev–Trinajstić information content (AvgIpc) is 3.50. The number of carbonyl (C=O) groups excluding carboxylic acids is 2. The number of nitrogens with zero attached hydrogens (tertiary/aromatic N) is 7. The molecule has 4 aromatic rings. The lowest BCUT2D eigenvalue weighted by molar-refractivity contribution is -0.0557. The van der Waals surface area contributed by atoms with Crippen LogP contribution in [0.5, 0.6) is 5.75 Å². The van der Waals surface area contributed by atoms with Gasteiger partial charge in [-0.3, -0.25) is 9.78 Å². The van der Waals surface area contributed by atoms with Gasteiger partial charge in [-0.2, -0.15) is 10.4 Å². The van der Waals surface area contributed by atoms with Crippen LogP contribution in [0.4, 0.5) is 10.6 Å². The molecular formula is C36H40ClN7O5. The minimum atomic E-state index is -0.584. The zero-order chi connectivity index (χ0) is 34.8. The molecule has 0 aromatic carbocycles. The van der Waals surface area contributed by atoms with E-state index in [4.69, 9.17) is 30.8 Å². The van der Waals surface area contributed by atoms with Crippen LogP contribution in [0.2, 0.25) is 5.02 Å². The number of halogens is 1. The first-order valence-corrected chi connectivity index (χ1v) is 16.8. The molecule has 0 saturated carbocycles. The molecule has 2 fully saturated rings. The van der Waals surface area contributed by atoms with Gasteiger partial charge >= 0.3 is 6.09 Å². The van der Waals surface area contributed by atoms with E-state index in [2.05, 4.69) is 28.0 Å². The summed E-state index contributed by atoms with van der Waals surface area (Å²) in [7, 11) is 0. The van der Waals surface area contributed by atoms with Crippen LogP contribution in [0.25, 0.3) is 16.6 Å². The summed E-state index contributed by atoms with van der Waals surface area (Å²) < 4.78 is 19.2. The van der Waals surface area contributed by atoms with Crippen LogP contribution < -0.4 is 9.64 Å². The van der Waals surface area contributed by atoms with Crippen LogP contribution >= 0.6 is 11.6 Å². The number of aromatic nitrogens is 4. The number of ketones is 1. The maximum absolute atomic E-state index is 13.0. The fourth-order valence-electron chi connectivity index (χ4n) is 6.23. The Labute approximate surface area is 290 Å². The van der Waals surface area contributed by atoms with Gasteiger partial charge in [0.2, 0.25) is 0 Å². The lowest BCUT2D eigenvalue weighted by Crippen LogP contribution is -2.49. The number of Topliss-reactive ketones (excluding diaryl/α,β-unsaturated/α-hetero) is 1. The highest BCUT2D eigenvalue weighted by atomic mass is 35.5. The molecule has 4 aromatic heterocycles. The molecule has 6 heterocycles. The monoisotopic (exact) mass is 685 g/mol. The zero-order valence-corrected chi connectivity index (χ0v) is 28.9. The van der Waals surface area contributed by atoms with Crippen LogP contribution in [-0.2, 0) is 9.47 Å².